The Kier molecular flexibility index (Phi) is 5.14. The van der Waals surface area contributed by atoms with Gasteiger partial charge in [0, 0.05) is 5.57 Å². The van der Waals surface area contributed by atoms with E-state index in [-0.39, 0.29) is 31.0 Å². The van der Waals surface area contributed by atoms with Gasteiger partial charge in [-0.25, -0.2) is 0 Å². The summed E-state index contributed by atoms with van der Waals surface area (Å²) in [5.74, 6) is -3.05. The van der Waals surface area contributed by atoms with Crippen molar-refractivity contribution in [2.75, 3.05) is 13.2 Å². The average Bonchev–Trinajstić information content (AvgIpc) is 3.16. The maximum atomic E-state index is 12.4. The molecule has 0 unspecified atom stereocenters. The van der Waals surface area contributed by atoms with Gasteiger partial charge in [0.1, 0.15) is 0 Å². The predicted octanol–water partition coefficient (Wildman–Crippen LogP) is 2.15. The number of rotatable bonds is 6. The van der Waals surface area contributed by atoms with Crippen molar-refractivity contribution in [3.05, 3.63) is 35.8 Å². The molecule has 1 aliphatic carbocycles. The number of ketones is 1. The van der Waals surface area contributed by atoms with Gasteiger partial charge in [-0.15, -0.1) is 0 Å². The van der Waals surface area contributed by atoms with E-state index < -0.39 is 29.6 Å². The minimum Gasteiger partial charge on any atom is -0.466 e. The van der Waals surface area contributed by atoms with Crippen LogP contribution in [0.3, 0.4) is 0 Å². The molecule has 1 aromatic rings. The van der Waals surface area contributed by atoms with Crippen LogP contribution < -0.4 is 0 Å². The molecular weight excluding hydrogens is 288 g/mol. The van der Waals surface area contributed by atoms with Gasteiger partial charge in [-0.2, -0.15) is 0 Å². The van der Waals surface area contributed by atoms with Gasteiger partial charge in [0.05, 0.1) is 31.3 Å². The first-order valence-electron chi connectivity index (χ1n) is 7.21. The summed E-state index contributed by atoms with van der Waals surface area (Å²) in [6, 6.07) is 3.11. The largest absolute Gasteiger partial charge is 0.466 e. The first kappa shape index (κ1) is 16.0. The fourth-order valence-corrected chi connectivity index (χ4v) is 2.52. The first-order valence-corrected chi connectivity index (χ1v) is 7.21. The molecule has 118 valence electrons. The van der Waals surface area contributed by atoms with Gasteiger partial charge in [0.2, 0.25) is 5.78 Å². The Bertz CT molecular complexity index is 584. The van der Waals surface area contributed by atoms with Crippen LogP contribution in [0.4, 0.5) is 0 Å². The van der Waals surface area contributed by atoms with Gasteiger partial charge in [-0.1, -0.05) is 6.08 Å². The second-order valence-electron chi connectivity index (χ2n) is 4.79. The molecule has 6 nitrogen and oxygen atoms in total. The number of esters is 2. The summed E-state index contributed by atoms with van der Waals surface area (Å²) in [6.45, 7) is 3.75. The Morgan fingerprint density at radius 2 is 1.86 bits per heavy atom. The Labute approximate surface area is 128 Å². The van der Waals surface area contributed by atoms with Gasteiger partial charge in [0.15, 0.2) is 5.76 Å². The summed E-state index contributed by atoms with van der Waals surface area (Å²) in [5, 5.41) is 0. The number of carbonyl (C=O) groups excluding carboxylic acids is 3. The van der Waals surface area contributed by atoms with Crippen LogP contribution >= 0.6 is 0 Å². The summed E-state index contributed by atoms with van der Waals surface area (Å²) in [4.78, 5) is 36.6. The van der Waals surface area contributed by atoms with Gasteiger partial charge in [-0.3, -0.25) is 14.4 Å². The van der Waals surface area contributed by atoms with Crippen molar-refractivity contribution in [2.45, 2.75) is 20.3 Å². The summed E-state index contributed by atoms with van der Waals surface area (Å²) in [7, 11) is 0. The Hall–Kier alpha value is -2.37. The summed E-state index contributed by atoms with van der Waals surface area (Å²) < 4.78 is 15.1. The number of hydrogen-bond acceptors (Lipinski definition) is 6. The third-order valence-electron chi connectivity index (χ3n) is 3.47. The van der Waals surface area contributed by atoms with Crippen LogP contribution in [0.25, 0.3) is 0 Å². The predicted molar refractivity (Wildman–Crippen MR) is 76.0 cm³/mol. The van der Waals surface area contributed by atoms with Crippen LogP contribution in [0, 0.1) is 11.8 Å². The van der Waals surface area contributed by atoms with Crippen LogP contribution in [0.5, 0.6) is 0 Å². The molecule has 0 aliphatic heterocycles. The zero-order valence-electron chi connectivity index (χ0n) is 12.5. The highest BCUT2D eigenvalue weighted by molar-refractivity contribution is 6.11. The number of furan rings is 1. The molecule has 0 aromatic carbocycles. The lowest BCUT2D eigenvalue weighted by Gasteiger charge is -2.19. The third-order valence-corrected chi connectivity index (χ3v) is 3.47. The Morgan fingerprint density at radius 3 is 2.45 bits per heavy atom. The second kappa shape index (κ2) is 7.06. The maximum Gasteiger partial charge on any atom is 0.314 e. The van der Waals surface area contributed by atoms with E-state index in [1.54, 1.807) is 26.0 Å². The van der Waals surface area contributed by atoms with Crippen molar-refractivity contribution < 1.29 is 28.3 Å². The van der Waals surface area contributed by atoms with E-state index in [0.29, 0.717) is 0 Å². The molecule has 22 heavy (non-hydrogen) atoms. The lowest BCUT2D eigenvalue weighted by Crippen LogP contribution is -2.32. The lowest BCUT2D eigenvalue weighted by atomic mass is 9.88. The van der Waals surface area contributed by atoms with Crippen molar-refractivity contribution in [1.82, 2.24) is 0 Å². The number of allylic oxidation sites excluding steroid dienone is 1. The highest BCUT2D eigenvalue weighted by atomic mass is 16.5. The molecule has 0 saturated heterocycles. The van der Waals surface area contributed by atoms with Crippen LogP contribution in [0.2, 0.25) is 0 Å². The molecule has 0 N–H and O–H groups in total. The molecule has 2 rings (SSSR count). The monoisotopic (exact) mass is 306 g/mol. The summed E-state index contributed by atoms with van der Waals surface area (Å²) >= 11 is 0. The standard InChI is InChI=1S/C16H18O6/c1-3-20-15(18)11-8-7-10(13(11)16(19)21-4-2)14(17)12-6-5-9-22-12/h5-7,9,11,13H,3-4,8H2,1-2H3/t11-,13-/m0/s1. The van der Waals surface area contributed by atoms with Crippen molar-refractivity contribution >= 4 is 17.7 Å². The van der Waals surface area contributed by atoms with Gasteiger partial charge in [0.25, 0.3) is 0 Å². The third kappa shape index (κ3) is 3.10. The molecule has 0 radical (unpaired) electrons. The summed E-state index contributed by atoms with van der Waals surface area (Å²) in [6.07, 6.45) is 3.24. The molecule has 1 aliphatic rings. The fourth-order valence-electron chi connectivity index (χ4n) is 2.52. The Balaban J connectivity index is 2.26. The average molecular weight is 306 g/mol. The van der Waals surface area contributed by atoms with E-state index in [4.69, 9.17) is 13.9 Å². The Morgan fingerprint density at radius 1 is 1.18 bits per heavy atom. The minimum atomic E-state index is -0.948. The fraction of sp³-hybridized carbons (Fsp3) is 0.438. The molecule has 6 heteroatoms. The van der Waals surface area contributed by atoms with E-state index in [9.17, 15) is 14.4 Å². The molecule has 0 amide bonds. The van der Waals surface area contributed by atoms with Crippen LogP contribution in [-0.2, 0) is 19.1 Å². The van der Waals surface area contributed by atoms with E-state index in [1.807, 2.05) is 0 Å². The minimum absolute atomic E-state index is 0.130. The topological polar surface area (TPSA) is 82.8 Å². The van der Waals surface area contributed by atoms with Crippen LogP contribution in [-0.4, -0.2) is 30.9 Å². The van der Waals surface area contributed by atoms with E-state index in [2.05, 4.69) is 0 Å². The van der Waals surface area contributed by atoms with Crippen molar-refractivity contribution in [3.8, 4) is 0 Å². The normalized spacial score (nSPS) is 20.4. The molecule has 0 bridgehead atoms. The zero-order valence-corrected chi connectivity index (χ0v) is 12.5. The quantitative estimate of drug-likeness (QED) is 0.591. The molecule has 0 fully saturated rings. The van der Waals surface area contributed by atoms with Gasteiger partial charge < -0.3 is 13.9 Å². The number of Topliss-reactive ketones (excluding diaryl/α,β-unsaturated/α-hetero) is 1. The first-order chi connectivity index (χ1) is 10.6. The molecule has 0 saturated carbocycles. The highest BCUT2D eigenvalue weighted by Crippen LogP contribution is 2.36. The number of ether oxygens (including phenoxy) is 2. The molecule has 2 atom stereocenters. The lowest BCUT2D eigenvalue weighted by molar-refractivity contribution is -0.157. The SMILES string of the molecule is CCOC(=O)[C@H]1C(C(=O)c2ccco2)=CC[C@@H]1C(=O)OCC. The van der Waals surface area contributed by atoms with Crippen molar-refractivity contribution in [2.24, 2.45) is 11.8 Å². The van der Waals surface area contributed by atoms with Crippen molar-refractivity contribution in [1.29, 1.82) is 0 Å². The molecule has 1 aromatic heterocycles. The van der Waals surface area contributed by atoms with E-state index in [0.717, 1.165) is 0 Å². The molecular formula is C16H18O6. The molecule has 1 heterocycles. The number of carbonyl (C=O) groups is 3. The smallest absolute Gasteiger partial charge is 0.314 e. The van der Waals surface area contributed by atoms with E-state index >= 15 is 0 Å². The van der Waals surface area contributed by atoms with Crippen LogP contribution in [0.15, 0.2) is 34.5 Å². The van der Waals surface area contributed by atoms with Crippen LogP contribution in [0.1, 0.15) is 30.8 Å². The number of hydrogen-bond donors (Lipinski definition) is 0. The van der Waals surface area contributed by atoms with Gasteiger partial charge >= 0.3 is 11.9 Å². The molecule has 0 spiro atoms. The zero-order chi connectivity index (χ0) is 16.1. The van der Waals surface area contributed by atoms with Gasteiger partial charge in [-0.05, 0) is 32.4 Å². The van der Waals surface area contributed by atoms with E-state index in [1.165, 1.54) is 12.3 Å². The second-order valence-corrected chi connectivity index (χ2v) is 4.79. The maximum absolute atomic E-state index is 12.4. The summed E-state index contributed by atoms with van der Waals surface area (Å²) in [5.41, 5.74) is 0.228. The highest BCUT2D eigenvalue weighted by Gasteiger charge is 2.44. The van der Waals surface area contributed by atoms with Crippen molar-refractivity contribution in [3.63, 3.8) is 0 Å².